The van der Waals surface area contributed by atoms with Crippen LogP contribution in [0.25, 0.3) is 0 Å². The number of anilines is 1. The van der Waals surface area contributed by atoms with Gasteiger partial charge in [-0.05, 0) is 56.8 Å². The van der Waals surface area contributed by atoms with E-state index >= 15 is 0 Å². The Morgan fingerprint density at radius 2 is 1.67 bits per heavy atom. The predicted molar refractivity (Wildman–Crippen MR) is 135 cm³/mol. The summed E-state index contributed by atoms with van der Waals surface area (Å²) < 4.78 is 26.7. The van der Waals surface area contributed by atoms with Crippen LogP contribution in [0, 0.1) is 0 Å². The molecule has 0 saturated carbocycles. The second kappa shape index (κ2) is 11.2. The van der Waals surface area contributed by atoms with Crippen LogP contribution in [0.5, 0.6) is 0 Å². The minimum atomic E-state index is -3.83. The van der Waals surface area contributed by atoms with E-state index in [1.807, 2.05) is 12.1 Å². The highest BCUT2D eigenvalue weighted by molar-refractivity contribution is 7.89. The Hall–Kier alpha value is -1.64. The van der Waals surface area contributed by atoms with Crippen LogP contribution in [0.1, 0.15) is 24.8 Å². The second-order valence-corrected chi connectivity index (χ2v) is 11.5. The minimum Gasteiger partial charge on any atom is -0.371 e. The summed E-state index contributed by atoms with van der Waals surface area (Å²) in [6.45, 7) is 2.13. The molecule has 1 heterocycles. The number of sulfonamides is 1. The largest absolute Gasteiger partial charge is 0.371 e. The number of ketones is 1. The molecule has 6 nitrogen and oxygen atoms in total. The van der Waals surface area contributed by atoms with Crippen molar-refractivity contribution in [3.8, 4) is 0 Å². The summed E-state index contributed by atoms with van der Waals surface area (Å²) in [5.74, 6) is -0.0196. The van der Waals surface area contributed by atoms with Crippen molar-refractivity contribution in [1.82, 2.24) is 9.21 Å². The number of halogens is 2. The van der Waals surface area contributed by atoms with Gasteiger partial charge in [0.25, 0.3) is 0 Å². The Kier molecular flexibility index (Phi) is 8.81. The van der Waals surface area contributed by atoms with Gasteiger partial charge in [0.1, 0.15) is 10.7 Å². The Morgan fingerprint density at radius 3 is 2.27 bits per heavy atom. The van der Waals surface area contributed by atoms with E-state index in [4.69, 9.17) is 23.2 Å². The quantitative estimate of drug-likeness (QED) is 0.500. The average Bonchev–Trinajstić information content (AvgIpc) is 2.79. The molecular weight excluding hydrogens is 481 g/mol. The van der Waals surface area contributed by atoms with E-state index in [1.165, 1.54) is 30.9 Å². The van der Waals surface area contributed by atoms with Gasteiger partial charge < -0.3 is 9.80 Å². The molecule has 33 heavy (non-hydrogen) atoms. The lowest BCUT2D eigenvalue weighted by Gasteiger charge is -2.36. The van der Waals surface area contributed by atoms with Gasteiger partial charge in [-0.15, -0.1) is 0 Å². The van der Waals surface area contributed by atoms with E-state index in [1.54, 1.807) is 0 Å². The molecule has 0 spiro atoms. The normalized spacial score (nSPS) is 15.4. The maximum absolute atomic E-state index is 12.8. The van der Waals surface area contributed by atoms with Gasteiger partial charge >= 0.3 is 0 Å². The van der Waals surface area contributed by atoms with Crippen molar-refractivity contribution < 1.29 is 13.2 Å². The van der Waals surface area contributed by atoms with E-state index in [9.17, 15) is 13.2 Å². The third kappa shape index (κ3) is 6.49. The zero-order valence-corrected chi connectivity index (χ0v) is 21.6. The average molecular weight is 513 g/mol. The first kappa shape index (κ1) is 26.0. The predicted octanol–water partition coefficient (Wildman–Crippen LogP) is 4.35. The third-order valence-electron chi connectivity index (χ3n) is 6.21. The highest BCUT2D eigenvalue weighted by atomic mass is 35.5. The van der Waals surface area contributed by atoms with Crippen LogP contribution in [0.4, 0.5) is 5.69 Å². The maximum Gasteiger partial charge on any atom is 0.244 e. The summed E-state index contributed by atoms with van der Waals surface area (Å²) in [5.41, 5.74) is 2.10. The number of Topliss-reactive ketones (excluding diaryl/α,β-unsaturated/α-hetero) is 1. The van der Waals surface area contributed by atoms with Gasteiger partial charge in [-0.25, -0.2) is 12.7 Å². The minimum absolute atomic E-state index is 0.0108. The van der Waals surface area contributed by atoms with Crippen molar-refractivity contribution in [1.29, 1.82) is 0 Å². The summed E-state index contributed by atoms with van der Waals surface area (Å²) >= 11 is 12.0. The van der Waals surface area contributed by atoms with Crippen LogP contribution in [0.2, 0.25) is 10.0 Å². The van der Waals surface area contributed by atoms with Gasteiger partial charge in [-0.1, -0.05) is 41.4 Å². The standard InChI is InChI=1S/C24H31Cl2N3O3S/c1-27(2)19-11-15-29(16-12-19)20-9-7-18(8-10-20)17-21(30)13-14-28(3)33(31,32)23-6-4-5-22(25)24(23)26/h4-10,19H,11-17H2,1-3H3. The number of carbonyl (C=O) groups is 1. The van der Waals surface area contributed by atoms with Gasteiger partial charge in [0.05, 0.1) is 10.0 Å². The first-order chi connectivity index (χ1) is 15.6. The van der Waals surface area contributed by atoms with Gasteiger partial charge in [0, 0.05) is 51.3 Å². The molecule has 180 valence electrons. The molecule has 2 aromatic rings. The molecule has 2 aromatic carbocycles. The first-order valence-corrected chi connectivity index (χ1v) is 13.2. The second-order valence-electron chi connectivity index (χ2n) is 8.69. The first-order valence-electron chi connectivity index (χ1n) is 11.0. The number of piperidine rings is 1. The SMILES string of the molecule is CN(C)C1CCN(c2ccc(CC(=O)CCN(C)S(=O)(=O)c3cccc(Cl)c3Cl)cc2)CC1. The topological polar surface area (TPSA) is 60.9 Å². The Morgan fingerprint density at radius 1 is 1.03 bits per heavy atom. The Bertz CT molecular complexity index is 1070. The summed E-state index contributed by atoms with van der Waals surface area (Å²) in [4.78, 5) is 17.1. The number of hydrogen-bond donors (Lipinski definition) is 0. The van der Waals surface area contributed by atoms with E-state index in [-0.39, 0.29) is 40.1 Å². The van der Waals surface area contributed by atoms with Crippen molar-refractivity contribution in [2.45, 2.75) is 36.6 Å². The third-order valence-corrected chi connectivity index (χ3v) is 9.04. The molecule has 0 N–H and O–H groups in total. The highest BCUT2D eigenvalue weighted by Crippen LogP contribution is 2.30. The smallest absolute Gasteiger partial charge is 0.244 e. The van der Waals surface area contributed by atoms with Crippen molar-refractivity contribution >= 4 is 44.7 Å². The van der Waals surface area contributed by atoms with Crippen molar-refractivity contribution in [3.63, 3.8) is 0 Å². The molecule has 3 rings (SSSR count). The van der Waals surface area contributed by atoms with Crippen LogP contribution in [-0.4, -0.2) is 70.2 Å². The van der Waals surface area contributed by atoms with Crippen molar-refractivity contribution in [3.05, 3.63) is 58.1 Å². The summed E-state index contributed by atoms with van der Waals surface area (Å²) in [6, 6.07) is 13.2. The number of rotatable bonds is 9. The zero-order chi connectivity index (χ0) is 24.2. The van der Waals surface area contributed by atoms with Crippen LogP contribution >= 0.6 is 23.2 Å². The molecule has 1 fully saturated rings. The van der Waals surface area contributed by atoms with Crippen LogP contribution in [-0.2, 0) is 21.2 Å². The molecule has 0 aliphatic carbocycles. The number of nitrogens with zero attached hydrogens (tertiary/aromatic N) is 3. The lowest BCUT2D eigenvalue weighted by molar-refractivity contribution is -0.118. The van der Waals surface area contributed by atoms with E-state index in [0.29, 0.717) is 6.04 Å². The molecule has 0 amide bonds. The molecule has 0 radical (unpaired) electrons. The fraction of sp³-hybridized carbons (Fsp3) is 0.458. The molecular formula is C24H31Cl2N3O3S. The molecule has 0 aromatic heterocycles. The van der Waals surface area contributed by atoms with Crippen molar-refractivity contribution in [2.75, 3.05) is 45.7 Å². The van der Waals surface area contributed by atoms with E-state index < -0.39 is 10.0 Å². The number of hydrogen-bond acceptors (Lipinski definition) is 5. The molecule has 9 heteroatoms. The van der Waals surface area contributed by atoms with Gasteiger partial charge in [0.2, 0.25) is 10.0 Å². The van der Waals surface area contributed by atoms with Crippen LogP contribution in [0.3, 0.4) is 0 Å². The molecule has 1 saturated heterocycles. The molecule has 0 unspecified atom stereocenters. The number of carbonyl (C=O) groups excluding carboxylic acids is 1. The molecule has 0 atom stereocenters. The van der Waals surface area contributed by atoms with Gasteiger partial charge in [0.15, 0.2) is 0 Å². The number of benzene rings is 2. The molecule has 1 aliphatic heterocycles. The lowest BCUT2D eigenvalue weighted by Crippen LogP contribution is -2.41. The van der Waals surface area contributed by atoms with Gasteiger partial charge in [-0.2, -0.15) is 0 Å². The maximum atomic E-state index is 12.8. The summed E-state index contributed by atoms with van der Waals surface area (Å²) in [7, 11) is 1.87. The lowest BCUT2D eigenvalue weighted by atomic mass is 10.0. The van der Waals surface area contributed by atoms with Gasteiger partial charge in [-0.3, -0.25) is 4.79 Å². The fourth-order valence-corrected chi connectivity index (χ4v) is 5.94. The fourth-order valence-electron chi connectivity index (χ4n) is 4.03. The van der Waals surface area contributed by atoms with Crippen LogP contribution < -0.4 is 4.90 Å². The summed E-state index contributed by atoms with van der Waals surface area (Å²) in [6.07, 6.45) is 2.68. The summed E-state index contributed by atoms with van der Waals surface area (Å²) in [5, 5.41) is 0.163. The van der Waals surface area contributed by atoms with E-state index in [2.05, 4.69) is 36.0 Å². The van der Waals surface area contributed by atoms with Crippen LogP contribution in [0.15, 0.2) is 47.4 Å². The van der Waals surface area contributed by atoms with Crippen molar-refractivity contribution in [2.24, 2.45) is 0 Å². The molecule has 1 aliphatic rings. The van der Waals surface area contributed by atoms with E-state index in [0.717, 1.165) is 35.8 Å². The monoisotopic (exact) mass is 511 g/mol. The Labute approximate surface area is 207 Å². The Balaban J connectivity index is 1.52. The zero-order valence-electron chi connectivity index (χ0n) is 19.3. The molecule has 0 bridgehead atoms. The highest BCUT2D eigenvalue weighted by Gasteiger charge is 2.25.